The first-order valence-electron chi connectivity index (χ1n) is 3.50. The summed E-state index contributed by atoms with van der Waals surface area (Å²) in [5.74, 6) is 0.164. The maximum atomic E-state index is 10.6. The van der Waals surface area contributed by atoms with E-state index in [0.29, 0.717) is 11.0 Å². The number of carbonyl (C=O) groups is 1. The van der Waals surface area contributed by atoms with Gasteiger partial charge in [-0.25, -0.2) is 0 Å². The molecule has 0 fully saturated rings. The number of rotatable bonds is 5. The number of esters is 1. The van der Waals surface area contributed by atoms with Crippen molar-refractivity contribution in [2.24, 2.45) is 0 Å². The largest absolute Gasteiger partial charge is 0.468 e. The molecule has 0 spiro atoms. The van der Waals surface area contributed by atoms with E-state index in [9.17, 15) is 4.79 Å². The van der Waals surface area contributed by atoms with Crippen LogP contribution in [0.3, 0.4) is 0 Å². The van der Waals surface area contributed by atoms with Gasteiger partial charge in [-0.3, -0.25) is 4.79 Å². The molecule has 0 rings (SSSR count). The molecular formula is C7H14O3S. The number of hydrogen-bond donors (Lipinski definition) is 1. The highest BCUT2D eigenvalue weighted by Gasteiger charge is 2.05. The predicted molar refractivity (Wildman–Crippen MR) is 45.6 cm³/mol. The molecule has 1 atom stereocenters. The average Bonchev–Trinajstić information content (AvgIpc) is 2.01. The number of aliphatic hydroxyl groups is 1. The molecule has 0 aromatic rings. The van der Waals surface area contributed by atoms with E-state index in [-0.39, 0.29) is 12.6 Å². The molecule has 11 heavy (non-hydrogen) atoms. The Morgan fingerprint density at radius 1 is 1.73 bits per heavy atom. The van der Waals surface area contributed by atoms with Crippen LogP contribution in [0.1, 0.15) is 13.3 Å². The van der Waals surface area contributed by atoms with Gasteiger partial charge >= 0.3 is 5.97 Å². The molecule has 0 saturated heterocycles. The monoisotopic (exact) mass is 178 g/mol. The molecule has 3 nitrogen and oxygen atoms in total. The van der Waals surface area contributed by atoms with Gasteiger partial charge in [0.2, 0.25) is 0 Å². The molecule has 1 N–H and O–H groups in total. The molecule has 0 amide bonds. The van der Waals surface area contributed by atoms with Crippen molar-refractivity contribution in [1.82, 2.24) is 0 Å². The topological polar surface area (TPSA) is 46.5 Å². The summed E-state index contributed by atoms with van der Waals surface area (Å²) in [4.78, 5) is 10.6. The fourth-order valence-corrected chi connectivity index (χ4v) is 1.34. The van der Waals surface area contributed by atoms with Crippen LogP contribution in [0.15, 0.2) is 0 Å². The molecule has 0 aliphatic rings. The van der Waals surface area contributed by atoms with Gasteiger partial charge in [0, 0.05) is 11.9 Å². The Morgan fingerprint density at radius 2 is 2.36 bits per heavy atom. The third kappa shape index (κ3) is 6.19. The number of aliphatic hydroxyl groups excluding tert-OH is 1. The smallest absolute Gasteiger partial charge is 0.315 e. The Balaban J connectivity index is 3.29. The molecule has 0 radical (unpaired) electrons. The standard InChI is InChI=1S/C7H14O3S/c1-6(3-4-8)11-5-7(9)10-2/h6,8H,3-5H2,1-2H3. The molecule has 0 aromatic heterocycles. The zero-order valence-corrected chi connectivity index (χ0v) is 7.69. The number of thioether (sulfide) groups is 1. The van der Waals surface area contributed by atoms with E-state index in [1.807, 2.05) is 6.92 Å². The Labute approximate surface area is 71.1 Å². The molecule has 0 aliphatic carbocycles. The van der Waals surface area contributed by atoms with Crippen molar-refractivity contribution >= 4 is 17.7 Å². The van der Waals surface area contributed by atoms with Crippen LogP contribution in [0.4, 0.5) is 0 Å². The van der Waals surface area contributed by atoms with Crippen LogP contribution < -0.4 is 0 Å². The van der Waals surface area contributed by atoms with Gasteiger partial charge in [-0.2, -0.15) is 0 Å². The van der Waals surface area contributed by atoms with Crippen molar-refractivity contribution in [2.75, 3.05) is 19.5 Å². The first-order valence-corrected chi connectivity index (χ1v) is 4.55. The van der Waals surface area contributed by atoms with Crippen LogP contribution in [0.25, 0.3) is 0 Å². The minimum atomic E-state index is -0.209. The first kappa shape index (κ1) is 10.8. The van der Waals surface area contributed by atoms with E-state index in [1.165, 1.54) is 18.9 Å². The summed E-state index contributed by atoms with van der Waals surface area (Å²) in [6, 6.07) is 0. The van der Waals surface area contributed by atoms with E-state index in [0.717, 1.165) is 6.42 Å². The van der Waals surface area contributed by atoms with E-state index in [2.05, 4.69) is 4.74 Å². The summed E-state index contributed by atoms with van der Waals surface area (Å²) >= 11 is 1.50. The molecule has 0 aliphatic heterocycles. The van der Waals surface area contributed by atoms with Crippen molar-refractivity contribution in [3.05, 3.63) is 0 Å². The number of hydrogen-bond acceptors (Lipinski definition) is 4. The number of ether oxygens (including phenoxy) is 1. The zero-order valence-electron chi connectivity index (χ0n) is 6.87. The van der Waals surface area contributed by atoms with E-state index < -0.39 is 0 Å². The van der Waals surface area contributed by atoms with Gasteiger partial charge in [0.05, 0.1) is 12.9 Å². The normalized spacial score (nSPS) is 12.6. The highest BCUT2D eigenvalue weighted by molar-refractivity contribution is 8.00. The minimum Gasteiger partial charge on any atom is -0.468 e. The predicted octanol–water partition coefficient (Wildman–Crippen LogP) is 0.663. The van der Waals surface area contributed by atoms with Gasteiger partial charge in [-0.05, 0) is 6.42 Å². The van der Waals surface area contributed by atoms with Gasteiger partial charge in [0.1, 0.15) is 0 Å². The van der Waals surface area contributed by atoms with Crippen molar-refractivity contribution in [2.45, 2.75) is 18.6 Å². The molecule has 66 valence electrons. The fourth-order valence-electron chi connectivity index (χ4n) is 0.534. The van der Waals surface area contributed by atoms with Gasteiger partial charge in [0.25, 0.3) is 0 Å². The van der Waals surface area contributed by atoms with Gasteiger partial charge in [-0.15, -0.1) is 11.8 Å². The van der Waals surface area contributed by atoms with Crippen LogP contribution in [-0.2, 0) is 9.53 Å². The molecule has 4 heteroatoms. The summed E-state index contributed by atoms with van der Waals surface area (Å²) in [6.07, 6.45) is 0.724. The summed E-state index contributed by atoms with van der Waals surface area (Å²) < 4.78 is 4.46. The lowest BCUT2D eigenvalue weighted by Gasteiger charge is -2.07. The lowest BCUT2D eigenvalue weighted by molar-refractivity contribution is -0.137. The Morgan fingerprint density at radius 3 is 2.82 bits per heavy atom. The van der Waals surface area contributed by atoms with Crippen molar-refractivity contribution in [3.63, 3.8) is 0 Å². The third-order valence-electron chi connectivity index (χ3n) is 1.25. The van der Waals surface area contributed by atoms with Crippen molar-refractivity contribution in [1.29, 1.82) is 0 Å². The van der Waals surface area contributed by atoms with Gasteiger partial charge < -0.3 is 9.84 Å². The maximum Gasteiger partial charge on any atom is 0.315 e. The molecule has 0 aromatic carbocycles. The summed E-state index contributed by atoms with van der Waals surface area (Å²) in [7, 11) is 1.37. The maximum absolute atomic E-state index is 10.6. The summed E-state index contributed by atoms with van der Waals surface area (Å²) in [5.41, 5.74) is 0. The molecule has 1 unspecified atom stereocenters. The second-order valence-corrected chi connectivity index (χ2v) is 3.64. The second kappa shape index (κ2) is 6.49. The van der Waals surface area contributed by atoms with E-state index >= 15 is 0 Å². The van der Waals surface area contributed by atoms with E-state index in [4.69, 9.17) is 5.11 Å². The molecule has 0 saturated carbocycles. The van der Waals surface area contributed by atoms with Gasteiger partial charge in [-0.1, -0.05) is 6.92 Å². The van der Waals surface area contributed by atoms with Crippen LogP contribution in [0.5, 0.6) is 0 Å². The van der Waals surface area contributed by atoms with Crippen LogP contribution in [0, 0.1) is 0 Å². The average molecular weight is 178 g/mol. The third-order valence-corrected chi connectivity index (χ3v) is 2.46. The lowest BCUT2D eigenvalue weighted by atomic mass is 10.3. The summed E-state index contributed by atoms with van der Waals surface area (Å²) in [6.45, 7) is 2.15. The van der Waals surface area contributed by atoms with Crippen molar-refractivity contribution < 1.29 is 14.6 Å². The highest BCUT2D eigenvalue weighted by atomic mass is 32.2. The first-order chi connectivity index (χ1) is 5.20. The molecular weight excluding hydrogens is 164 g/mol. The van der Waals surface area contributed by atoms with Crippen LogP contribution >= 0.6 is 11.8 Å². The zero-order chi connectivity index (χ0) is 8.69. The Hall–Kier alpha value is -0.220. The Bertz CT molecular complexity index is 116. The quantitative estimate of drug-likeness (QED) is 0.628. The second-order valence-electron chi connectivity index (χ2n) is 2.21. The molecule has 0 heterocycles. The number of methoxy groups -OCH3 is 1. The SMILES string of the molecule is COC(=O)CSC(C)CCO. The fraction of sp³-hybridized carbons (Fsp3) is 0.857. The lowest BCUT2D eigenvalue weighted by Crippen LogP contribution is -2.08. The van der Waals surface area contributed by atoms with Crippen LogP contribution in [-0.4, -0.2) is 35.8 Å². The molecule has 0 bridgehead atoms. The van der Waals surface area contributed by atoms with Crippen molar-refractivity contribution in [3.8, 4) is 0 Å². The van der Waals surface area contributed by atoms with Gasteiger partial charge in [0.15, 0.2) is 0 Å². The Kier molecular flexibility index (Phi) is 6.36. The minimum absolute atomic E-state index is 0.176. The van der Waals surface area contributed by atoms with Crippen LogP contribution in [0.2, 0.25) is 0 Å². The van der Waals surface area contributed by atoms with E-state index in [1.54, 1.807) is 0 Å². The summed E-state index contributed by atoms with van der Waals surface area (Å²) in [5, 5.41) is 8.85. The highest BCUT2D eigenvalue weighted by Crippen LogP contribution is 2.12. The number of carbonyl (C=O) groups excluding carboxylic acids is 1.